The van der Waals surface area contributed by atoms with Gasteiger partial charge in [0.05, 0.1) is 6.61 Å². The average Bonchev–Trinajstić information content (AvgIpc) is 3.06. The van der Waals surface area contributed by atoms with Crippen LogP contribution in [0.5, 0.6) is 0 Å². The molecule has 6 nitrogen and oxygen atoms in total. The van der Waals surface area contributed by atoms with Crippen LogP contribution in [-0.2, 0) is 28.4 Å². The SMILES string of the molecule is CCOC(=O)c1cc(S(=O)(=O)NCc2cccs2)cn1C. The second-order valence-corrected chi connectivity index (χ2v) is 7.10. The van der Waals surface area contributed by atoms with Gasteiger partial charge in [-0.05, 0) is 24.4 Å². The lowest BCUT2D eigenvalue weighted by Crippen LogP contribution is -2.22. The number of nitrogens with zero attached hydrogens (tertiary/aromatic N) is 1. The molecular formula is C13H16N2O4S2. The summed E-state index contributed by atoms with van der Waals surface area (Å²) in [6.45, 7) is 2.16. The van der Waals surface area contributed by atoms with Crippen molar-refractivity contribution in [3.05, 3.63) is 40.3 Å². The highest BCUT2D eigenvalue weighted by Crippen LogP contribution is 2.16. The van der Waals surface area contributed by atoms with E-state index in [1.807, 2.05) is 17.5 Å². The fourth-order valence-electron chi connectivity index (χ4n) is 1.75. The molecule has 0 aliphatic carbocycles. The van der Waals surface area contributed by atoms with Crippen LogP contribution in [0.25, 0.3) is 0 Å². The van der Waals surface area contributed by atoms with Crippen LogP contribution >= 0.6 is 11.3 Å². The number of aromatic nitrogens is 1. The van der Waals surface area contributed by atoms with E-state index in [4.69, 9.17) is 4.74 Å². The predicted molar refractivity (Wildman–Crippen MR) is 79.7 cm³/mol. The van der Waals surface area contributed by atoms with E-state index < -0.39 is 16.0 Å². The van der Waals surface area contributed by atoms with Crippen molar-refractivity contribution in [1.29, 1.82) is 0 Å². The molecule has 0 saturated heterocycles. The minimum absolute atomic E-state index is 0.0459. The number of thiophene rings is 1. The number of aryl methyl sites for hydroxylation is 1. The molecule has 0 bridgehead atoms. The number of nitrogens with one attached hydrogen (secondary N) is 1. The van der Waals surface area contributed by atoms with Gasteiger partial charge in [0.25, 0.3) is 0 Å². The molecule has 0 radical (unpaired) electrons. The van der Waals surface area contributed by atoms with Crippen LogP contribution in [0, 0.1) is 0 Å². The molecule has 0 aliphatic heterocycles. The summed E-state index contributed by atoms with van der Waals surface area (Å²) in [4.78, 5) is 12.7. The Morgan fingerprint density at radius 2 is 2.24 bits per heavy atom. The van der Waals surface area contributed by atoms with E-state index in [2.05, 4.69) is 4.72 Å². The number of hydrogen-bond donors (Lipinski definition) is 1. The first kappa shape index (κ1) is 15.7. The molecule has 0 saturated carbocycles. The lowest BCUT2D eigenvalue weighted by molar-refractivity contribution is 0.0515. The lowest BCUT2D eigenvalue weighted by Gasteiger charge is -2.02. The average molecular weight is 328 g/mol. The van der Waals surface area contributed by atoms with Crippen molar-refractivity contribution >= 4 is 27.3 Å². The molecule has 0 aliphatic rings. The molecule has 0 amide bonds. The second-order valence-electron chi connectivity index (χ2n) is 4.30. The Morgan fingerprint density at radius 1 is 1.48 bits per heavy atom. The van der Waals surface area contributed by atoms with Gasteiger partial charge in [-0.1, -0.05) is 6.07 Å². The van der Waals surface area contributed by atoms with E-state index in [1.165, 1.54) is 28.2 Å². The Balaban J connectivity index is 2.16. The molecule has 2 aromatic heterocycles. The second kappa shape index (κ2) is 6.42. The van der Waals surface area contributed by atoms with E-state index in [9.17, 15) is 13.2 Å². The molecule has 2 rings (SSSR count). The highest BCUT2D eigenvalue weighted by Gasteiger charge is 2.21. The summed E-state index contributed by atoms with van der Waals surface area (Å²) in [6.07, 6.45) is 1.39. The topological polar surface area (TPSA) is 77.4 Å². The highest BCUT2D eigenvalue weighted by atomic mass is 32.2. The van der Waals surface area contributed by atoms with Gasteiger partial charge in [0.1, 0.15) is 10.6 Å². The summed E-state index contributed by atoms with van der Waals surface area (Å²) in [7, 11) is -2.06. The highest BCUT2D eigenvalue weighted by molar-refractivity contribution is 7.89. The summed E-state index contributed by atoms with van der Waals surface area (Å²) in [5.41, 5.74) is 0.202. The maximum atomic E-state index is 12.2. The van der Waals surface area contributed by atoms with E-state index in [-0.39, 0.29) is 23.7 Å². The third kappa shape index (κ3) is 3.72. The first-order valence-corrected chi connectivity index (χ1v) is 8.66. The maximum absolute atomic E-state index is 12.2. The smallest absolute Gasteiger partial charge is 0.354 e. The molecule has 1 N–H and O–H groups in total. The fraction of sp³-hybridized carbons (Fsp3) is 0.308. The first-order chi connectivity index (χ1) is 9.94. The predicted octanol–water partition coefficient (Wildman–Crippen LogP) is 1.74. The van der Waals surface area contributed by atoms with Crippen molar-refractivity contribution in [2.45, 2.75) is 18.4 Å². The van der Waals surface area contributed by atoms with Gasteiger partial charge in [0.2, 0.25) is 10.0 Å². The van der Waals surface area contributed by atoms with Gasteiger partial charge in [0, 0.05) is 24.7 Å². The summed E-state index contributed by atoms with van der Waals surface area (Å²) in [6, 6.07) is 5.02. The Morgan fingerprint density at radius 3 is 2.86 bits per heavy atom. The van der Waals surface area contributed by atoms with Crippen LogP contribution in [0.3, 0.4) is 0 Å². The van der Waals surface area contributed by atoms with Crippen LogP contribution in [-0.4, -0.2) is 25.6 Å². The van der Waals surface area contributed by atoms with Crippen LogP contribution in [0.15, 0.2) is 34.7 Å². The third-order valence-corrected chi connectivity index (χ3v) is 5.04. The number of esters is 1. The standard InChI is InChI=1S/C13H16N2O4S2/c1-3-19-13(16)12-7-11(9-15(12)2)21(17,18)14-8-10-5-4-6-20-10/h4-7,9,14H,3,8H2,1-2H3. The Hall–Kier alpha value is -1.64. The van der Waals surface area contributed by atoms with Crippen LogP contribution in [0.1, 0.15) is 22.3 Å². The number of hydrogen-bond acceptors (Lipinski definition) is 5. The van der Waals surface area contributed by atoms with Crippen LogP contribution < -0.4 is 4.72 Å². The van der Waals surface area contributed by atoms with Gasteiger partial charge in [-0.3, -0.25) is 0 Å². The van der Waals surface area contributed by atoms with E-state index in [1.54, 1.807) is 14.0 Å². The molecule has 114 valence electrons. The lowest BCUT2D eigenvalue weighted by atomic mass is 10.4. The largest absolute Gasteiger partial charge is 0.461 e. The normalized spacial score (nSPS) is 11.5. The molecule has 0 unspecified atom stereocenters. The van der Waals surface area contributed by atoms with Crippen molar-refractivity contribution in [3.63, 3.8) is 0 Å². The van der Waals surface area contributed by atoms with Crippen molar-refractivity contribution in [1.82, 2.24) is 9.29 Å². The first-order valence-electron chi connectivity index (χ1n) is 6.29. The molecule has 2 heterocycles. The van der Waals surface area contributed by atoms with Crippen molar-refractivity contribution in [3.8, 4) is 0 Å². The fourth-order valence-corrected chi connectivity index (χ4v) is 3.56. The Kier molecular flexibility index (Phi) is 4.81. The van der Waals surface area contributed by atoms with Gasteiger partial charge in [-0.25, -0.2) is 17.9 Å². The molecule has 8 heteroatoms. The van der Waals surface area contributed by atoms with Crippen molar-refractivity contribution in [2.75, 3.05) is 6.61 Å². The number of carbonyl (C=O) groups is 1. The quantitative estimate of drug-likeness (QED) is 0.820. The molecule has 0 fully saturated rings. The molecular weight excluding hydrogens is 312 g/mol. The summed E-state index contributed by atoms with van der Waals surface area (Å²) < 4.78 is 33.2. The molecule has 0 atom stereocenters. The van der Waals surface area contributed by atoms with E-state index in [0.29, 0.717) is 0 Å². The number of rotatable bonds is 6. The minimum Gasteiger partial charge on any atom is -0.461 e. The van der Waals surface area contributed by atoms with Gasteiger partial charge < -0.3 is 9.30 Å². The van der Waals surface area contributed by atoms with Gasteiger partial charge in [-0.2, -0.15) is 0 Å². The third-order valence-electron chi connectivity index (χ3n) is 2.79. The molecule has 21 heavy (non-hydrogen) atoms. The summed E-state index contributed by atoms with van der Waals surface area (Å²) >= 11 is 1.47. The number of ether oxygens (including phenoxy) is 1. The summed E-state index contributed by atoms with van der Waals surface area (Å²) in [5, 5.41) is 1.88. The summed E-state index contributed by atoms with van der Waals surface area (Å²) in [5.74, 6) is -0.542. The van der Waals surface area contributed by atoms with Gasteiger partial charge >= 0.3 is 5.97 Å². The van der Waals surface area contributed by atoms with Crippen LogP contribution in [0.4, 0.5) is 0 Å². The zero-order chi connectivity index (χ0) is 15.5. The van der Waals surface area contributed by atoms with E-state index >= 15 is 0 Å². The molecule has 0 spiro atoms. The Bertz CT molecular complexity index is 717. The van der Waals surface area contributed by atoms with Crippen LogP contribution in [0.2, 0.25) is 0 Å². The zero-order valence-electron chi connectivity index (χ0n) is 11.7. The molecule has 2 aromatic rings. The van der Waals surface area contributed by atoms with E-state index in [0.717, 1.165) is 4.88 Å². The number of sulfonamides is 1. The monoisotopic (exact) mass is 328 g/mol. The van der Waals surface area contributed by atoms with Crippen molar-refractivity contribution in [2.24, 2.45) is 7.05 Å². The Labute approximate surface area is 127 Å². The minimum atomic E-state index is -3.66. The zero-order valence-corrected chi connectivity index (χ0v) is 13.3. The molecule has 0 aromatic carbocycles. The van der Waals surface area contributed by atoms with Gasteiger partial charge in [-0.15, -0.1) is 11.3 Å². The number of carbonyl (C=O) groups excluding carboxylic acids is 1. The van der Waals surface area contributed by atoms with Gasteiger partial charge in [0.15, 0.2) is 0 Å². The maximum Gasteiger partial charge on any atom is 0.354 e. The van der Waals surface area contributed by atoms with Crippen molar-refractivity contribution < 1.29 is 17.9 Å².